The maximum Gasteiger partial charge on any atom is 0.167 e. The third kappa shape index (κ3) is 3.96. The van der Waals surface area contributed by atoms with Gasteiger partial charge >= 0.3 is 0 Å². The summed E-state index contributed by atoms with van der Waals surface area (Å²) in [5.41, 5.74) is 3.24. The van der Waals surface area contributed by atoms with Crippen LogP contribution in [0.5, 0.6) is 0 Å². The minimum absolute atomic E-state index is 0.147. The highest BCUT2D eigenvalue weighted by molar-refractivity contribution is 5.79. The van der Waals surface area contributed by atoms with Crippen molar-refractivity contribution in [3.63, 3.8) is 0 Å². The third-order valence-electron chi connectivity index (χ3n) is 5.52. The molecule has 2 heterocycles. The lowest BCUT2D eigenvalue weighted by Gasteiger charge is -2.32. The van der Waals surface area contributed by atoms with Gasteiger partial charge in [0.15, 0.2) is 5.58 Å². The van der Waals surface area contributed by atoms with E-state index in [0.29, 0.717) is 5.92 Å². The van der Waals surface area contributed by atoms with Gasteiger partial charge in [-0.05, 0) is 87.5 Å². The number of benzene rings is 2. The zero-order valence-corrected chi connectivity index (χ0v) is 15.0. The van der Waals surface area contributed by atoms with Gasteiger partial charge in [0.2, 0.25) is 0 Å². The Kier molecular flexibility index (Phi) is 5.30. The number of hydrogen-bond acceptors (Lipinski definition) is 3. The topological polar surface area (TPSA) is 29.3 Å². The van der Waals surface area contributed by atoms with Crippen molar-refractivity contribution in [1.82, 2.24) is 10.1 Å². The van der Waals surface area contributed by atoms with Crippen LogP contribution in [0, 0.1) is 5.82 Å². The zero-order chi connectivity index (χ0) is 17.8. The number of para-hydroxylation sites is 1. The molecule has 2 aromatic carbocycles. The first-order valence-corrected chi connectivity index (χ1v) is 9.61. The molecule has 0 radical (unpaired) electrons. The number of halogens is 1. The Bertz CT molecular complexity index is 835. The van der Waals surface area contributed by atoms with E-state index in [1.54, 1.807) is 12.1 Å². The van der Waals surface area contributed by atoms with Crippen molar-refractivity contribution in [2.75, 3.05) is 19.6 Å². The number of hydrogen-bond donors (Lipinski definition) is 0. The van der Waals surface area contributed by atoms with Crippen LogP contribution in [-0.4, -0.2) is 29.7 Å². The van der Waals surface area contributed by atoms with Gasteiger partial charge in [0.25, 0.3) is 0 Å². The van der Waals surface area contributed by atoms with Gasteiger partial charge in [-0.15, -0.1) is 0 Å². The fourth-order valence-electron chi connectivity index (χ4n) is 3.97. The molecule has 0 N–H and O–H groups in total. The lowest BCUT2D eigenvalue weighted by molar-refractivity contribution is 0.208. The molecule has 0 saturated carbocycles. The van der Waals surface area contributed by atoms with Gasteiger partial charge in [-0.1, -0.05) is 29.4 Å². The highest BCUT2D eigenvalue weighted by atomic mass is 19.1. The Labute approximate surface area is 153 Å². The van der Waals surface area contributed by atoms with Gasteiger partial charge in [-0.25, -0.2) is 4.39 Å². The molecule has 136 valence electrons. The van der Waals surface area contributed by atoms with E-state index in [1.807, 2.05) is 30.3 Å². The SMILES string of the molecule is Fc1ccc(C2CCN(CCCCc3noc4ccccc34)CC2)cc1. The summed E-state index contributed by atoms with van der Waals surface area (Å²) >= 11 is 0. The molecule has 0 amide bonds. The van der Waals surface area contributed by atoms with Crippen molar-refractivity contribution in [3.8, 4) is 0 Å². The first-order valence-electron chi connectivity index (χ1n) is 9.61. The van der Waals surface area contributed by atoms with Crippen LogP contribution < -0.4 is 0 Å². The summed E-state index contributed by atoms with van der Waals surface area (Å²) in [7, 11) is 0. The molecule has 3 aromatic rings. The maximum absolute atomic E-state index is 13.1. The van der Waals surface area contributed by atoms with Crippen LogP contribution in [0.2, 0.25) is 0 Å². The second-order valence-electron chi connectivity index (χ2n) is 7.25. The number of aromatic nitrogens is 1. The maximum atomic E-state index is 13.1. The summed E-state index contributed by atoms with van der Waals surface area (Å²) in [6, 6.07) is 15.1. The summed E-state index contributed by atoms with van der Waals surface area (Å²) in [6.07, 6.45) is 5.62. The molecule has 3 nitrogen and oxygen atoms in total. The van der Waals surface area contributed by atoms with Crippen LogP contribution in [-0.2, 0) is 6.42 Å². The number of piperidine rings is 1. The lowest BCUT2D eigenvalue weighted by atomic mass is 9.89. The zero-order valence-electron chi connectivity index (χ0n) is 15.0. The average molecular weight is 352 g/mol. The molecule has 26 heavy (non-hydrogen) atoms. The Morgan fingerprint density at radius 1 is 1.00 bits per heavy atom. The second-order valence-corrected chi connectivity index (χ2v) is 7.25. The van der Waals surface area contributed by atoms with E-state index in [2.05, 4.69) is 16.1 Å². The molecular weight excluding hydrogens is 327 g/mol. The van der Waals surface area contributed by atoms with Gasteiger partial charge in [-0.2, -0.15) is 0 Å². The number of nitrogens with zero attached hydrogens (tertiary/aromatic N) is 2. The molecule has 0 unspecified atom stereocenters. The van der Waals surface area contributed by atoms with Gasteiger partial charge in [0, 0.05) is 5.39 Å². The van der Waals surface area contributed by atoms with Crippen molar-refractivity contribution >= 4 is 11.0 Å². The number of unbranched alkanes of at least 4 members (excludes halogenated alkanes) is 1. The van der Waals surface area contributed by atoms with Crippen molar-refractivity contribution in [1.29, 1.82) is 0 Å². The van der Waals surface area contributed by atoms with E-state index in [1.165, 1.54) is 24.8 Å². The Hall–Kier alpha value is -2.20. The highest BCUT2D eigenvalue weighted by Gasteiger charge is 2.20. The molecule has 1 aromatic heterocycles. The van der Waals surface area contributed by atoms with E-state index in [-0.39, 0.29) is 5.82 Å². The van der Waals surface area contributed by atoms with E-state index in [4.69, 9.17) is 4.52 Å². The van der Waals surface area contributed by atoms with Crippen molar-refractivity contribution in [3.05, 3.63) is 65.6 Å². The van der Waals surface area contributed by atoms with E-state index in [0.717, 1.165) is 49.1 Å². The Morgan fingerprint density at radius 3 is 2.58 bits per heavy atom. The molecule has 0 aliphatic carbocycles. The molecule has 1 aliphatic heterocycles. The molecule has 1 saturated heterocycles. The minimum Gasteiger partial charge on any atom is -0.356 e. The number of likely N-dealkylation sites (tertiary alicyclic amines) is 1. The van der Waals surface area contributed by atoms with E-state index in [9.17, 15) is 4.39 Å². The van der Waals surface area contributed by atoms with Gasteiger partial charge in [0.1, 0.15) is 5.82 Å². The average Bonchev–Trinajstić information content (AvgIpc) is 3.10. The largest absolute Gasteiger partial charge is 0.356 e. The first-order chi connectivity index (χ1) is 12.8. The molecule has 4 heteroatoms. The fourth-order valence-corrected chi connectivity index (χ4v) is 3.97. The molecular formula is C22H25FN2O. The Morgan fingerprint density at radius 2 is 1.77 bits per heavy atom. The van der Waals surface area contributed by atoms with Crippen molar-refractivity contribution in [2.45, 2.75) is 38.0 Å². The summed E-state index contributed by atoms with van der Waals surface area (Å²) in [5.74, 6) is 0.430. The van der Waals surface area contributed by atoms with Crippen LogP contribution in [0.3, 0.4) is 0 Å². The standard InChI is InChI=1S/C22H25FN2O/c23-19-10-8-17(9-11-19)18-12-15-25(16-13-18)14-4-3-6-21-20-5-1-2-7-22(20)26-24-21/h1-2,5,7-11,18H,3-4,6,12-16H2. The number of rotatable bonds is 6. The van der Waals surface area contributed by atoms with Gasteiger partial charge < -0.3 is 9.42 Å². The first kappa shape index (κ1) is 17.2. The van der Waals surface area contributed by atoms with Crippen molar-refractivity contribution in [2.24, 2.45) is 0 Å². The van der Waals surface area contributed by atoms with Crippen molar-refractivity contribution < 1.29 is 8.91 Å². The normalized spacial score (nSPS) is 16.3. The molecule has 0 atom stereocenters. The number of fused-ring (bicyclic) bond motifs is 1. The van der Waals surface area contributed by atoms with Gasteiger partial charge in [0.05, 0.1) is 5.69 Å². The third-order valence-corrected chi connectivity index (χ3v) is 5.52. The summed E-state index contributed by atoms with van der Waals surface area (Å²) in [4.78, 5) is 2.56. The predicted molar refractivity (Wildman–Crippen MR) is 102 cm³/mol. The predicted octanol–water partition coefficient (Wildman–Crippen LogP) is 5.17. The molecule has 0 bridgehead atoms. The lowest BCUT2D eigenvalue weighted by Crippen LogP contribution is -2.33. The molecule has 4 rings (SSSR count). The smallest absolute Gasteiger partial charge is 0.167 e. The van der Waals surface area contributed by atoms with Crippen LogP contribution >= 0.6 is 0 Å². The van der Waals surface area contributed by atoms with E-state index < -0.39 is 0 Å². The van der Waals surface area contributed by atoms with Crippen LogP contribution in [0.4, 0.5) is 4.39 Å². The summed E-state index contributed by atoms with van der Waals surface area (Å²) < 4.78 is 18.4. The Balaban J connectivity index is 1.20. The number of aryl methyl sites for hydroxylation is 1. The minimum atomic E-state index is -0.147. The van der Waals surface area contributed by atoms with Gasteiger partial charge in [-0.3, -0.25) is 0 Å². The molecule has 0 spiro atoms. The molecule has 1 fully saturated rings. The van der Waals surface area contributed by atoms with Crippen LogP contribution in [0.25, 0.3) is 11.0 Å². The monoisotopic (exact) mass is 352 g/mol. The van der Waals surface area contributed by atoms with Crippen LogP contribution in [0.15, 0.2) is 53.1 Å². The fraction of sp³-hybridized carbons (Fsp3) is 0.409. The summed E-state index contributed by atoms with van der Waals surface area (Å²) in [6.45, 7) is 3.41. The van der Waals surface area contributed by atoms with Crippen LogP contribution in [0.1, 0.15) is 42.9 Å². The second kappa shape index (κ2) is 8.00. The quantitative estimate of drug-likeness (QED) is 0.573. The molecule has 1 aliphatic rings. The van der Waals surface area contributed by atoms with E-state index >= 15 is 0 Å². The highest BCUT2D eigenvalue weighted by Crippen LogP contribution is 2.28. The summed E-state index contributed by atoms with van der Waals surface area (Å²) in [5, 5.41) is 5.36.